The van der Waals surface area contributed by atoms with E-state index in [1.165, 1.54) is 0 Å². The number of nitrogens with one attached hydrogen (secondary N) is 1. The number of nitrogens with zero attached hydrogens (tertiary/aromatic N) is 2. The second kappa shape index (κ2) is 5.87. The number of amides is 1. The largest absolute Gasteiger partial charge is 0.472 e. The molecule has 1 N–H and O–H groups in total. The van der Waals surface area contributed by atoms with Crippen LogP contribution in [0.15, 0.2) is 48.8 Å². The molecule has 132 valence electrons. The predicted octanol–water partition coefficient (Wildman–Crippen LogP) is 3.55. The molecule has 5 heteroatoms. The van der Waals surface area contributed by atoms with E-state index in [4.69, 9.17) is 4.74 Å². The van der Waals surface area contributed by atoms with Gasteiger partial charge in [0.05, 0.1) is 17.1 Å². The van der Waals surface area contributed by atoms with Crippen LogP contribution in [0.2, 0.25) is 0 Å². The number of carbonyl (C=O) groups excluding carboxylic acids is 1. The van der Waals surface area contributed by atoms with Crippen LogP contribution in [0, 0.1) is 12.8 Å². The van der Waals surface area contributed by atoms with Crippen LogP contribution < -0.4 is 4.74 Å². The second-order valence-electron chi connectivity index (χ2n) is 7.44. The van der Waals surface area contributed by atoms with Gasteiger partial charge in [-0.1, -0.05) is 18.2 Å². The summed E-state index contributed by atoms with van der Waals surface area (Å²) in [6.45, 7) is 2.83. The highest BCUT2D eigenvalue weighted by atomic mass is 16.5. The maximum absolute atomic E-state index is 13.2. The fraction of sp³-hybridized carbons (Fsp3) is 0.333. The van der Waals surface area contributed by atoms with Gasteiger partial charge in [-0.25, -0.2) is 4.98 Å². The van der Waals surface area contributed by atoms with Gasteiger partial charge in [-0.15, -0.1) is 0 Å². The number of likely N-dealkylation sites (tertiary alicyclic amines) is 1. The number of ether oxygens (including phenoxy) is 1. The van der Waals surface area contributed by atoms with Gasteiger partial charge in [-0.05, 0) is 43.4 Å². The van der Waals surface area contributed by atoms with Crippen LogP contribution in [-0.4, -0.2) is 39.5 Å². The van der Waals surface area contributed by atoms with Crippen LogP contribution in [0.1, 0.15) is 28.8 Å². The van der Waals surface area contributed by atoms with Crippen molar-refractivity contribution in [2.45, 2.75) is 31.9 Å². The Hall–Kier alpha value is -2.82. The fourth-order valence-electron chi connectivity index (χ4n) is 4.42. The Balaban J connectivity index is 1.39. The van der Waals surface area contributed by atoms with Crippen LogP contribution >= 0.6 is 0 Å². The van der Waals surface area contributed by atoms with Gasteiger partial charge in [-0.2, -0.15) is 0 Å². The van der Waals surface area contributed by atoms with Crippen molar-refractivity contribution in [2.75, 3.05) is 6.54 Å². The molecule has 1 aliphatic heterocycles. The van der Waals surface area contributed by atoms with E-state index in [-0.39, 0.29) is 18.1 Å². The smallest absolute Gasteiger partial charge is 0.256 e. The van der Waals surface area contributed by atoms with Gasteiger partial charge in [0, 0.05) is 30.4 Å². The summed E-state index contributed by atoms with van der Waals surface area (Å²) < 4.78 is 6.14. The number of aromatic nitrogens is 2. The number of carbonyl (C=O) groups is 1. The molecule has 0 spiro atoms. The summed E-state index contributed by atoms with van der Waals surface area (Å²) >= 11 is 0. The third-order valence-corrected chi connectivity index (χ3v) is 5.66. The summed E-state index contributed by atoms with van der Waals surface area (Å²) in [6.07, 6.45) is 5.74. The highest BCUT2D eigenvalue weighted by Crippen LogP contribution is 2.40. The minimum absolute atomic E-state index is 0.0238. The SMILES string of the molecule is Cc1ccc(OC2CC3CC2N(C(=O)c2cccc4cc[nH]c24)C3)nc1. The summed E-state index contributed by atoms with van der Waals surface area (Å²) in [5.41, 5.74) is 2.77. The zero-order chi connectivity index (χ0) is 17.7. The fourth-order valence-corrected chi connectivity index (χ4v) is 4.42. The number of hydrogen-bond donors (Lipinski definition) is 1. The van der Waals surface area contributed by atoms with Crippen LogP contribution in [0.5, 0.6) is 5.88 Å². The van der Waals surface area contributed by atoms with Gasteiger partial charge in [0.1, 0.15) is 6.10 Å². The average molecular weight is 347 g/mol. The number of benzene rings is 1. The zero-order valence-corrected chi connectivity index (χ0v) is 14.7. The molecular formula is C21H21N3O2. The molecule has 1 saturated heterocycles. The molecule has 1 aliphatic carbocycles. The van der Waals surface area contributed by atoms with Crippen LogP contribution in [0.3, 0.4) is 0 Å². The lowest BCUT2D eigenvalue weighted by Crippen LogP contribution is -2.47. The number of aryl methyl sites for hydroxylation is 1. The summed E-state index contributed by atoms with van der Waals surface area (Å²) in [6, 6.07) is 11.9. The highest BCUT2D eigenvalue weighted by Gasteiger charge is 2.48. The molecule has 2 bridgehead atoms. The van der Waals surface area contributed by atoms with Crippen molar-refractivity contribution >= 4 is 16.8 Å². The Morgan fingerprint density at radius 2 is 2.15 bits per heavy atom. The maximum atomic E-state index is 13.2. The number of aromatic amines is 1. The molecule has 0 radical (unpaired) electrons. The monoisotopic (exact) mass is 347 g/mol. The first-order valence-corrected chi connectivity index (χ1v) is 9.15. The number of fused-ring (bicyclic) bond motifs is 3. The first-order valence-electron chi connectivity index (χ1n) is 9.15. The zero-order valence-electron chi connectivity index (χ0n) is 14.7. The van der Waals surface area contributed by atoms with E-state index in [0.717, 1.165) is 41.4 Å². The number of hydrogen-bond acceptors (Lipinski definition) is 3. The van der Waals surface area contributed by atoms with E-state index < -0.39 is 0 Å². The molecule has 1 amide bonds. The molecule has 3 atom stereocenters. The molecule has 2 aliphatic rings. The van der Waals surface area contributed by atoms with Crippen LogP contribution in [0.25, 0.3) is 10.9 Å². The molecule has 1 aromatic carbocycles. The minimum atomic E-state index is 0.0238. The number of piperidine rings is 1. The summed E-state index contributed by atoms with van der Waals surface area (Å²) in [5, 5.41) is 1.07. The van der Waals surface area contributed by atoms with Crippen molar-refractivity contribution < 1.29 is 9.53 Å². The number of pyridine rings is 1. The molecule has 5 nitrogen and oxygen atoms in total. The van der Waals surface area contributed by atoms with Gasteiger partial charge < -0.3 is 14.6 Å². The van der Waals surface area contributed by atoms with Crippen molar-refractivity contribution in [2.24, 2.45) is 5.92 Å². The average Bonchev–Trinajstić information content (AvgIpc) is 3.37. The Kier molecular flexibility index (Phi) is 3.48. The number of rotatable bonds is 3. The summed E-state index contributed by atoms with van der Waals surface area (Å²) in [4.78, 5) is 22.8. The Labute approximate surface area is 152 Å². The second-order valence-corrected chi connectivity index (χ2v) is 7.44. The van der Waals surface area contributed by atoms with Crippen LogP contribution in [-0.2, 0) is 0 Å². The van der Waals surface area contributed by atoms with Crippen LogP contribution in [0.4, 0.5) is 0 Å². The molecular weight excluding hydrogens is 326 g/mol. The Morgan fingerprint density at radius 3 is 2.96 bits per heavy atom. The first kappa shape index (κ1) is 15.4. The molecule has 2 fully saturated rings. The standard InChI is InChI=1S/C21H21N3O2/c1-13-5-6-19(23-11-13)26-18-10-14-9-17(18)24(12-14)21(25)16-4-2-3-15-7-8-22-20(15)16/h2-8,11,14,17-18,22H,9-10,12H2,1H3. The van der Waals surface area contributed by atoms with Crippen molar-refractivity contribution in [3.63, 3.8) is 0 Å². The van der Waals surface area contributed by atoms with Crippen molar-refractivity contribution in [1.29, 1.82) is 0 Å². The quantitative estimate of drug-likeness (QED) is 0.788. The van der Waals surface area contributed by atoms with Gasteiger partial charge in [-0.3, -0.25) is 4.79 Å². The lowest BCUT2D eigenvalue weighted by molar-refractivity contribution is 0.0468. The molecule has 3 aromatic rings. The van der Waals surface area contributed by atoms with E-state index in [1.54, 1.807) is 0 Å². The summed E-state index contributed by atoms with van der Waals surface area (Å²) in [7, 11) is 0. The van der Waals surface area contributed by atoms with E-state index in [1.807, 2.05) is 60.6 Å². The molecule has 2 aromatic heterocycles. The lowest BCUT2D eigenvalue weighted by Gasteiger charge is -2.33. The first-order chi connectivity index (χ1) is 12.7. The Morgan fingerprint density at radius 1 is 1.23 bits per heavy atom. The molecule has 3 unspecified atom stereocenters. The van der Waals surface area contributed by atoms with Crippen molar-refractivity contribution in [3.8, 4) is 5.88 Å². The topological polar surface area (TPSA) is 58.2 Å². The molecule has 1 saturated carbocycles. The maximum Gasteiger partial charge on any atom is 0.256 e. The molecule has 5 rings (SSSR count). The van der Waals surface area contributed by atoms with Crippen molar-refractivity contribution in [1.82, 2.24) is 14.9 Å². The summed E-state index contributed by atoms with van der Waals surface area (Å²) in [5.74, 6) is 1.25. The third-order valence-electron chi connectivity index (χ3n) is 5.66. The number of para-hydroxylation sites is 1. The molecule has 3 heterocycles. The normalized spacial score (nSPS) is 24.3. The van der Waals surface area contributed by atoms with E-state index in [0.29, 0.717) is 11.8 Å². The van der Waals surface area contributed by atoms with E-state index in [2.05, 4.69) is 9.97 Å². The highest BCUT2D eigenvalue weighted by molar-refractivity contribution is 6.06. The Bertz CT molecular complexity index is 963. The lowest BCUT2D eigenvalue weighted by atomic mass is 10.1. The third kappa shape index (κ3) is 2.46. The van der Waals surface area contributed by atoms with E-state index in [9.17, 15) is 4.79 Å². The van der Waals surface area contributed by atoms with Gasteiger partial charge in [0.15, 0.2) is 0 Å². The molecule has 26 heavy (non-hydrogen) atoms. The van der Waals surface area contributed by atoms with Gasteiger partial charge in [0.25, 0.3) is 5.91 Å². The predicted molar refractivity (Wildman–Crippen MR) is 99.2 cm³/mol. The van der Waals surface area contributed by atoms with Gasteiger partial charge >= 0.3 is 0 Å². The minimum Gasteiger partial charge on any atom is -0.472 e. The van der Waals surface area contributed by atoms with Crippen molar-refractivity contribution in [3.05, 3.63) is 59.9 Å². The van der Waals surface area contributed by atoms with Gasteiger partial charge in [0.2, 0.25) is 5.88 Å². The number of H-pyrrole nitrogens is 1. The van der Waals surface area contributed by atoms with E-state index >= 15 is 0 Å².